The molecule has 0 radical (unpaired) electrons. The van der Waals surface area contributed by atoms with Crippen LogP contribution in [0.5, 0.6) is 0 Å². The van der Waals surface area contributed by atoms with E-state index in [0.717, 1.165) is 22.4 Å². The molecule has 33 heavy (non-hydrogen) atoms. The van der Waals surface area contributed by atoms with Crippen LogP contribution < -0.4 is 10.6 Å². The molecule has 0 aliphatic heterocycles. The van der Waals surface area contributed by atoms with E-state index in [9.17, 15) is 9.59 Å². The second-order valence-corrected chi connectivity index (χ2v) is 9.05. The molecule has 0 aliphatic carbocycles. The van der Waals surface area contributed by atoms with Crippen molar-refractivity contribution in [2.24, 2.45) is 0 Å². The predicted molar refractivity (Wildman–Crippen MR) is 129 cm³/mol. The fourth-order valence-electron chi connectivity index (χ4n) is 3.11. The van der Waals surface area contributed by atoms with E-state index in [-0.39, 0.29) is 24.1 Å². The maximum absolute atomic E-state index is 12.7. The van der Waals surface area contributed by atoms with Crippen molar-refractivity contribution < 1.29 is 9.59 Å². The molecule has 0 unspecified atom stereocenters. The smallest absolute Gasteiger partial charge is 0.246 e. The number of amides is 2. The zero-order chi connectivity index (χ0) is 23.2. The van der Waals surface area contributed by atoms with E-state index in [1.165, 1.54) is 27.8 Å². The van der Waals surface area contributed by atoms with E-state index in [1.54, 1.807) is 36.1 Å². The minimum atomic E-state index is -0.236. The monoisotopic (exact) mass is 479 g/mol. The number of anilines is 2. The Bertz CT molecular complexity index is 1240. The highest BCUT2D eigenvalue weighted by atomic mass is 32.2. The molecular formula is C22H21N7O2S2. The average Bonchev–Trinajstić information content (AvgIpc) is 3.42. The summed E-state index contributed by atoms with van der Waals surface area (Å²) in [6.45, 7) is 3.92. The Kier molecular flexibility index (Phi) is 7.10. The SMILES string of the molecule is Cc1cc(C)cc(NC(=O)Cn2nc(-c3ccncc3)nc2SCC(=O)Nc2nccs2)c1. The van der Waals surface area contributed by atoms with Crippen LogP contribution in [0.4, 0.5) is 10.8 Å². The van der Waals surface area contributed by atoms with Crippen molar-refractivity contribution in [1.82, 2.24) is 24.7 Å². The standard InChI is InChI=1S/C22H21N7O2S2/c1-14-9-15(2)11-17(10-14)25-18(30)12-29-22(27-20(28-29)16-3-5-23-6-4-16)33-13-19(31)26-21-24-7-8-32-21/h3-11H,12-13H2,1-2H3,(H,25,30)(H,24,26,31). The molecular weight excluding hydrogens is 458 g/mol. The topological polar surface area (TPSA) is 115 Å². The number of hydrogen-bond donors (Lipinski definition) is 2. The number of rotatable bonds is 8. The first-order valence-corrected chi connectivity index (χ1v) is 11.9. The highest BCUT2D eigenvalue weighted by Gasteiger charge is 2.17. The van der Waals surface area contributed by atoms with Crippen molar-refractivity contribution in [2.45, 2.75) is 25.5 Å². The number of nitrogens with zero attached hydrogens (tertiary/aromatic N) is 5. The zero-order valence-corrected chi connectivity index (χ0v) is 19.6. The molecule has 0 spiro atoms. The Morgan fingerprint density at radius 3 is 2.48 bits per heavy atom. The fourth-order valence-corrected chi connectivity index (χ4v) is 4.40. The van der Waals surface area contributed by atoms with E-state index in [1.807, 2.05) is 32.0 Å². The molecule has 1 aromatic carbocycles. The fraction of sp³-hybridized carbons (Fsp3) is 0.182. The maximum Gasteiger partial charge on any atom is 0.246 e. The van der Waals surface area contributed by atoms with Crippen molar-refractivity contribution in [3.63, 3.8) is 0 Å². The van der Waals surface area contributed by atoms with Gasteiger partial charge < -0.3 is 10.6 Å². The van der Waals surface area contributed by atoms with E-state index in [2.05, 4.69) is 30.7 Å². The number of nitrogens with one attached hydrogen (secondary N) is 2. The van der Waals surface area contributed by atoms with Crippen LogP contribution in [0.25, 0.3) is 11.4 Å². The molecule has 0 fully saturated rings. The van der Waals surface area contributed by atoms with Gasteiger partial charge in [-0.2, -0.15) is 0 Å². The maximum atomic E-state index is 12.7. The van der Waals surface area contributed by atoms with Crippen LogP contribution in [0.3, 0.4) is 0 Å². The lowest BCUT2D eigenvalue weighted by Gasteiger charge is -2.09. The van der Waals surface area contributed by atoms with Crippen molar-refractivity contribution in [3.05, 3.63) is 65.4 Å². The number of aromatic nitrogens is 5. The molecule has 0 aliphatic rings. The average molecular weight is 480 g/mol. The number of hydrogen-bond acceptors (Lipinski definition) is 8. The van der Waals surface area contributed by atoms with E-state index >= 15 is 0 Å². The van der Waals surface area contributed by atoms with Crippen LogP contribution in [0.2, 0.25) is 0 Å². The summed E-state index contributed by atoms with van der Waals surface area (Å²) in [5.41, 5.74) is 3.62. The lowest BCUT2D eigenvalue weighted by Crippen LogP contribution is -2.21. The van der Waals surface area contributed by atoms with Gasteiger partial charge in [0.15, 0.2) is 16.1 Å². The van der Waals surface area contributed by atoms with Gasteiger partial charge in [0.05, 0.1) is 5.75 Å². The van der Waals surface area contributed by atoms with Gasteiger partial charge in [-0.3, -0.25) is 14.6 Å². The summed E-state index contributed by atoms with van der Waals surface area (Å²) in [4.78, 5) is 37.7. The third-order valence-electron chi connectivity index (χ3n) is 4.39. The predicted octanol–water partition coefficient (Wildman–Crippen LogP) is 3.78. The van der Waals surface area contributed by atoms with Gasteiger partial charge in [-0.15, -0.1) is 16.4 Å². The minimum absolute atomic E-state index is 0.0402. The van der Waals surface area contributed by atoms with Crippen LogP contribution in [-0.2, 0) is 16.1 Å². The lowest BCUT2D eigenvalue weighted by molar-refractivity contribution is -0.117. The summed E-state index contributed by atoms with van der Waals surface area (Å²) in [7, 11) is 0. The lowest BCUT2D eigenvalue weighted by atomic mass is 10.1. The molecule has 0 atom stereocenters. The van der Waals surface area contributed by atoms with Gasteiger partial charge in [0.25, 0.3) is 0 Å². The van der Waals surface area contributed by atoms with Gasteiger partial charge in [0.2, 0.25) is 11.8 Å². The highest BCUT2D eigenvalue weighted by Crippen LogP contribution is 2.22. The van der Waals surface area contributed by atoms with Crippen LogP contribution in [0.1, 0.15) is 11.1 Å². The minimum Gasteiger partial charge on any atom is -0.324 e. The van der Waals surface area contributed by atoms with Crippen LogP contribution in [0.15, 0.2) is 59.5 Å². The summed E-state index contributed by atoms with van der Waals surface area (Å²) >= 11 is 2.55. The molecule has 0 saturated heterocycles. The van der Waals surface area contributed by atoms with Crippen LogP contribution in [0, 0.1) is 13.8 Å². The number of aryl methyl sites for hydroxylation is 2. The number of carbonyl (C=O) groups is 2. The van der Waals surface area contributed by atoms with Crippen LogP contribution in [-0.4, -0.2) is 42.3 Å². The molecule has 3 aromatic heterocycles. The Morgan fingerprint density at radius 2 is 1.79 bits per heavy atom. The number of benzene rings is 1. The van der Waals surface area contributed by atoms with Crippen molar-refractivity contribution >= 4 is 45.7 Å². The summed E-state index contributed by atoms with van der Waals surface area (Å²) in [5.74, 6) is 0.113. The second-order valence-electron chi connectivity index (χ2n) is 7.21. The third-order valence-corrected chi connectivity index (χ3v) is 6.04. The largest absolute Gasteiger partial charge is 0.324 e. The van der Waals surface area contributed by atoms with E-state index in [4.69, 9.17) is 0 Å². The molecule has 9 nitrogen and oxygen atoms in total. The number of thiazole rings is 1. The number of pyridine rings is 1. The van der Waals surface area contributed by atoms with Crippen molar-refractivity contribution in [1.29, 1.82) is 0 Å². The van der Waals surface area contributed by atoms with Gasteiger partial charge in [-0.05, 0) is 49.2 Å². The van der Waals surface area contributed by atoms with E-state index < -0.39 is 0 Å². The number of thioether (sulfide) groups is 1. The summed E-state index contributed by atoms with van der Waals surface area (Å²) < 4.78 is 1.51. The molecule has 2 amide bonds. The van der Waals surface area contributed by atoms with Crippen molar-refractivity contribution in [2.75, 3.05) is 16.4 Å². The van der Waals surface area contributed by atoms with Gasteiger partial charge in [0.1, 0.15) is 6.54 Å². The number of carbonyl (C=O) groups excluding carboxylic acids is 2. The Balaban J connectivity index is 1.50. The second kappa shape index (κ2) is 10.4. The summed E-state index contributed by atoms with van der Waals surface area (Å²) in [6.07, 6.45) is 4.92. The van der Waals surface area contributed by atoms with Gasteiger partial charge in [-0.1, -0.05) is 17.8 Å². The normalized spacial score (nSPS) is 10.7. The first-order chi connectivity index (χ1) is 16.0. The molecule has 11 heteroatoms. The summed E-state index contributed by atoms with van der Waals surface area (Å²) in [5, 5.41) is 12.9. The summed E-state index contributed by atoms with van der Waals surface area (Å²) in [6, 6.07) is 9.44. The first kappa shape index (κ1) is 22.6. The Hall–Kier alpha value is -3.57. The Labute approximate surface area is 198 Å². The Morgan fingerprint density at radius 1 is 1.03 bits per heavy atom. The van der Waals surface area contributed by atoms with E-state index in [0.29, 0.717) is 16.1 Å². The molecule has 4 rings (SSSR count). The molecule has 0 bridgehead atoms. The van der Waals surface area contributed by atoms with Crippen LogP contribution >= 0.6 is 23.1 Å². The molecule has 2 N–H and O–H groups in total. The third kappa shape index (κ3) is 6.24. The zero-order valence-electron chi connectivity index (χ0n) is 18.0. The quantitative estimate of drug-likeness (QED) is 0.370. The first-order valence-electron chi connectivity index (χ1n) is 10.0. The van der Waals surface area contributed by atoms with Crippen molar-refractivity contribution in [3.8, 4) is 11.4 Å². The van der Waals surface area contributed by atoms with Gasteiger partial charge in [-0.25, -0.2) is 14.6 Å². The van der Waals surface area contributed by atoms with Gasteiger partial charge in [0, 0.05) is 35.2 Å². The van der Waals surface area contributed by atoms with Gasteiger partial charge >= 0.3 is 0 Å². The molecule has 168 valence electrons. The molecule has 4 aromatic rings. The molecule has 3 heterocycles. The highest BCUT2D eigenvalue weighted by molar-refractivity contribution is 7.99. The molecule has 0 saturated carbocycles.